The molecule has 1 fully saturated rings. The molecule has 0 radical (unpaired) electrons. The number of esters is 1. The van der Waals surface area contributed by atoms with E-state index in [4.69, 9.17) is 4.74 Å². The first-order chi connectivity index (χ1) is 17.0. The van der Waals surface area contributed by atoms with E-state index in [0.717, 1.165) is 30.9 Å². The van der Waals surface area contributed by atoms with E-state index in [1.54, 1.807) is 29.1 Å². The van der Waals surface area contributed by atoms with Gasteiger partial charge in [-0.05, 0) is 61.8 Å². The lowest BCUT2D eigenvalue weighted by molar-refractivity contribution is -0.110. The molecule has 8 nitrogen and oxygen atoms in total. The average Bonchev–Trinajstić information content (AvgIpc) is 3.45. The van der Waals surface area contributed by atoms with Gasteiger partial charge in [0.05, 0.1) is 30.1 Å². The lowest BCUT2D eigenvalue weighted by atomic mass is 9.99. The van der Waals surface area contributed by atoms with Crippen LogP contribution in [0.2, 0.25) is 0 Å². The number of likely N-dealkylation sites (tertiary alicyclic amines) is 1. The Morgan fingerprint density at radius 2 is 1.86 bits per heavy atom. The van der Waals surface area contributed by atoms with Crippen LogP contribution in [0.15, 0.2) is 54.9 Å². The third-order valence-corrected chi connectivity index (χ3v) is 6.51. The first kappa shape index (κ1) is 22.9. The van der Waals surface area contributed by atoms with Crippen molar-refractivity contribution in [2.24, 2.45) is 7.05 Å². The molecule has 2 aromatic carbocycles. The fourth-order valence-corrected chi connectivity index (χ4v) is 4.70. The van der Waals surface area contributed by atoms with E-state index < -0.39 is 5.97 Å². The van der Waals surface area contributed by atoms with Crippen LogP contribution >= 0.6 is 0 Å². The van der Waals surface area contributed by atoms with E-state index in [1.807, 2.05) is 25.4 Å². The van der Waals surface area contributed by atoms with Crippen molar-refractivity contribution >= 4 is 34.5 Å². The number of fused-ring (bicyclic) bond motifs is 1. The molecule has 1 amide bonds. The summed E-state index contributed by atoms with van der Waals surface area (Å²) < 4.78 is 6.57. The number of methoxy groups -OCH3 is 1. The zero-order valence-corrected chi connectivity index (χ0v) is 20.0. The quantitative estimate of drug-likeness (QED) is 0.415. The monoisotopic (exact) mass is 471 g/mol. The fourth-order valence-electron chi connectivity index (χ4n) is 4.70. The van der Waals surface area contributed by atoms with E-state index in [0.29, 0.717) is 28.1 Å². The molecule has 0 bridgehead atoms. The molecular weight excluding hydrogens is 442 g/mol. The highest BCUT2D eigenvalue weighted by Gasteiger charge is 2.30. The average molecular weight is 472 g/mol. The number of piperidine rings is 1. The number of anilines is 2. The zero-order valence-electron chi connectivity index (χ0n) is 20.0. The van der Waals surface area contributed by atoms with Crippen molar-refractivity contribution < 1.29 is 14.3 Å². The summed E-state index contributed by atoms with van der Waals surface area (Å²) in [5.41, 5.74) is 5.66. The van der Waals surface area contributed by atoms with Gasteiger partial charge in [0, 0.05) is 42.3 Å². The second-order valence-corrected chi connectivity index (χ2v) is 9.02. The summed E-state index contributed by atoms with van der Waals surface area (Å²) in [5.74, 6) is -0.693. The molecule has 0 atom stereocenters. The number of hydrogen-bond donors (Lipinski definition) is 2. The standard InChI is InChI=1S/C27H29N5O3/c1-31-17-20(15-28-31)25(24-22-14-19(27(34)35-2)8-11-23(22)30-26(24)33)29-21-9-6-18(7-10-21)16-32-12-4-3-5-13-32/h6-11,14-15,17,29H,3-5,12-13,16H2,1-2H3,(H,30,33)/b25-24-. The minimum atomic E-state index is -0.452. The van der Waals surface area contributed by atoms with Gasteiger partial charge in [-0.3, -0.25) is 14.4 Å². The van der Waals surface area contributed by atoms with E-state index in [1.165, 1.54) is 31.9 Å². The van der Waals surface area contributed by atoms with E-state index in [9.17, 15) is 9.59 Å². The second-order valence-electron chi connectivity index (χ2n) is 9.02. The van der Waals surface area contributed by atoms with Crippen LogP contribution in [-0.4, -0.2) is 46.8 Å². The number of rotatable bonds is 6. The van der Waals surface area contributed by atoms with Crippen molar-refractivity contribution in [3.05, 3.63) is 77.1 Å². The Balaban J connectivity index is 1.50. The van der Waals surface area contributed by atoms with Crippen molar-refractivity contribution in [3.8, 4) is 0 Å². The number of aromatic nitrogens is 2. The molecule has 0 unspecified atom stereocenters. The Kier molecular flexibility index (Phi) is 6.37. The Morgan fingerprint density at radius 3 is 2.54 bits per heavy atom. The predicted octanol–water partition coefficient (Wildman–Crippen LogP) is 4.13. The summed E-state index contributed by atoms with van der Waals surface area (Å²) in [6, 6.07) is 13.4. The topological polar surface area (TPSA) is 88.5 Å². The van der Waals surface area contributed by atoms with Crippen molar-refractivity contribution in [2.45, 2.75) is 25.8 Å². The molecule has 0 spiro atoms. The molecule has 5 rings (SSSR count). The summed E-state index contributed by atoms with van der Waals surface area (Å²) >= 11 is 0. The molecule has 180 valence electrons. The highest BCUT2D eigenvalue weighted by molar-refractivity contribution is 6.37. The predicted molar refractivity (Wildman–Crippen MR) is 136 cm³/mol. The highest BCUT2D eigenvalue weighted by atomic mass is 16.5. The van der Waals surface area contributed by atoms with Gasteiger partial charge in [0.1, 0.15) is 0 Å². The Morgan fingerprint density at radius 1 is 1.09 bits per heavy atom. The molecule has 2 N–H and O–H groups in total. The zero-order chi connectivity index (χ0) is 24.4. The van der Waals surface area contributed by atoms with Crippen LogP contribution in [0.5, 0.6) is 0 Å². The third kappa shape index (κ3) is 4.83. The Hall–Kier alpha value is -3.91. The minimum Gasteiger partial charge on any atom is -0.465 e. The maximum Gasteiger partial charge on any atom is 0.337 e. The van der Waals surface area contributed by atoms with Crippen molar-refractivity contribution in [2.75, 3.05) is 30.8 Å². The summed E-state index contributed by atoms with van der Waals surface area (Å²) in [4.78, 5) is 27.7. The molecule has 1 saturated heterocycles. The highest BCUT2D eigenvalue weighted by Crippen LogP contribution is 2.38. The number of carbonyl (C=O) groups is 2. The molecule has 1 aromatic heterocycles. The number of amides is 1. The van der Waals surface area contributed by atoms with Gasteiger partial charge < -0.3 is 15.4 Å². The van der Waals surface area contributed by atoms with Gasteiger partial charge in [-0.1, -0.05) is 18.6 Å². The summed E-state index contributed by atoms with van der Waals surface area (Å²) in [6.07, 6.45) is 7.43. The van der Waals surface area contributed by atoms with Crippen LogP contribution in [0.3, 0.4) is 0 Å². The minimum absolute atomic E-state index is 0.241. The summed E-state index contributed by atoms with van der Waals surface area (Å²) in [6.45, 7) is 3.25. The molecule has 35 heavy (non-hydrogen) atoms. The van der Waals surface area contributed by atoms with Crippen molar-refractivity contribution in [3.63, 3.8) is 0 Å². The molecule has 3 aromatic rings. The van der Waals surface area contributed by atoms with E-state index >= 15 is 0 Å². The number of aryl methyl sites for hydroxylation is 1. The summed E-state index contributed by atoms with van der Waals surface area (Å²) in [7, 11) is 3.17. The van der Waals surface area contributed by atoms with Gasteiger partial charge in [-0.2, -0.15) is 5.10 Å². The molecule has 2 aliphatic rings. The number of ether oxygens (including phenoxy) is 1. The number of nitrogens with zero attached hydrogens (tertiary/aromatic N) is 3. The lowest BCUT2D eigenvalue weighted by Gasteiger charge is -2.26. The normalized spacial score (nSPS) is 17.0. The number of carbonyl (C=O) groups excluding carboxylic acids is 2. The molecule has 0 aliphatic carbocycles. The number of benzene rings is 2. The van der Waals surface area contributed by atoms with Crippen LogP contribution < -0.4 is 10.6 Å². The first-order valence-corrected chi connectivity index (χ1v) is 11.9. The first-order valence-electron chi connectivity index (χ1n) is 11.9. The SMILES string of the molecule is COC(=O)c1ccc2c(c1)/C(=C(/Nc1ccc(CN3CCCCC3)cc1)c1cnn(C)c1)C(=O)N2. The second kappa shape index (κ2) is 9.76. The van der Waals surface area contributed by atoms with Gasteiger partial charge in [0.25, 0.3) is 5.91 Å². The van der Waals surface area contributed by atoms with Crippen LogP contribution in [-0.2, 0) is 23.1 Å². The molecule has 0 saturated carbocycles. The van der Waals surface area contributed by atoms with Gasteiger partial charge >= 0.3 is 5.97 Å². The number of hydrogen-bond acceptors (Lipinski definition) is 6. The van der Waals surface area contributed by atoms with E-state index in [-0.39, 0.29) is 5.91 Å². The van der Waals surface area contributed by atoms with Crippen molar-refractivity contribution in [1.82, 2.24) is 14.7 Å². The lowest BCUT2D eigenvalue weighted by Crippen LogP contribution is -2.29. The molecule has 2 aliphatic heterocycles. The smallest absolute Gasteiger partial charge is 0.337 e. The van der Waals surface area contributed by atoms with Crippen LogP contribution in [0.4, 0.5) is 11.4 Å². The Bertz CT molecular complexity index is 1290. The van der Waals surface area contributed by atoms with Crippen LogP contribution in [0, 0.1) is 0 Å². The van der Waals surface area contributed by atoms with Gasteiger partial charge in [-0.25, -0.2) is 4.79 Å². The molecule has 3 heterocycles. The summed E-state index contributed by atoms with van der Waals surface area (Å²) in [5, 5.41) is 10.7. The third-order valence-electron chi connectivity index (χ3n) is 6.51. The molecular formula is C27H29N5O3. The fraction of sp³-hybridized carbons (Fsp3) is 0.296. The maximum atomic E-state index is 13.1. The Labute approximate surface area is 204 Å². The van der Waals surface area contributed by atoms with Gasteiger partial charge in [0.15, 0.2) is 0 Å². The molecule has 8 heteroatoms. The van der Waals surface area contributed by atoms with Gasteiger partial charge in [-0.15, -0.1) is 0 Å². The van der Waals surface area contributed by atoms with E-state index in [2.05, 4.69) is 32.8 Å². The van der Waals surface area contributed by atoms with Crippen LogP contribution in [0.25, 0.3) is 11.3 Å². The number of nitrogens with one attached hydrogen (secondary N) is 2. The largest absolute Gasteiger partial charge is 0.465 e. The van der Waals surface area contributed by atoms with Crippen molar-refractivity contribution in [1.29, 1.82) is 0 Å². The van der Waals surface area contributed by atoms with Gasteiger partial charge in [0.2, 0.25) is 0 Å². The van der Waals surface area contributed by atoms with Crippen LogP contribution in [0.1, 0.15) is 46.3 Å². The maximum absolute atomic E-state index is 13.1.